The van der Waals surface area contributed by atoms with Crippen LogP contribution >= 0.6 is 0 Å². The second-order valence-corrected chi connectivity index (χ2v) is 4.94. The number of halogens is 3. The first-order chi connectivity index (χ1) is 7.90. The zero-order chi connectivity index (χ0) is 12.9. The van der Waals surface area contributed by atoms with E-state index in [4.69, 9.17) is 4.74 Å². The van der Waals surface area contributed by atoms with Crippen LogP contribution in [-0.2, 0) is 4.74 Å². The molecular formula is C12H22F3NO. The van der Waals surface area contributed by atoms with Gasteiger partial charge in [0.25, 0.3) is 0 Å². The van der Waals surface area contributed by atoms with Crippen molar-refractivity contribution in [1.29, 1.82) is 0 Å². The van der Waals surface area contributed by atoms with Crippen molar-refractivity contribution >= 4 is 0 Å². The van der Waals surface area contributed by atoms with Crippen molar-refractivity contribution in [3.8, 4) is 0 Å². The van der Waals surface area contributed by atoms with Crippen LogP contribution in [0.4, 0.5) is 13.2 Å². The highest BCUT2D eigenvalue weighted by Gasteiger charge is 2.27. The summed E-state index contributed by atoms with van der Waals surface area (Å²) in [6, 6.07) is 0.554. The summed E-state index contributed by atoms with van der Waals surface area (Å²) < 4.78 is 41.2. The third-order valence-corrected chi connectivity index (χ3v) is 3.34. The van der Waals surface area contributed by atoms with Crippen molar-refractivity contribution in [3.05, 3.63) is 0 Å². The highest BCUT2D eigenvalue weighted by molar-refractivity contribution is 4.82. The largest absolute Gasteiger partial charge is 0.389 e. The molecule has 0 amide bonds. The summed E-state index contributed by atoms with van der Waals surface area (Å²) in [7, 11) is 1.71. The Kier molecular flexibility index (Phi) is 5.73. The number of nitrogens with one attached hydrogen (secondary N) is 1. The maximum atomic E-state index is 12.0. The molecule has 1 N–H and O–H groups in total. The molecule has 2 nitrogen and oxygen atoms in total. The Balaban J connectivity index is 2.11. The quantitative estimate of drug-likeness (QED) is 0.784. The van der Waals surface area contributed by atoms with Crippen LogP contribution in [0.25, 0.3) is 0 Å². The van der Waals surface area contributed by atoms with E-state index in [-0.39, 0.29) is 12.5 Å². The second kappa shape index (κ2) is 6.59. The van der Waals surface area contributed by atoms with Gasteiger partial charge in [-0.3, -0.25) is 0 Å². The molecule has 1 fully saturated rings. The molecule has 102 valence electrons. The van der Waals surface area contributed by atoms with Crippen LogP contribution < -0.4 is 5.32 Å². The molecule has 0 bridgehead atoms. The van der Waals surface area contributed by atoms with Gasteiger partial charge in [-0.2, -0.15) is 13.2 Å². The lowest BCUT2D eigenvalue weighted by atomic mass is 10.1. The Hall–Kier alpha value is -0.290. The van der Waals surface area contributed by atoms with Gasteiger partial charge in [0, 0.05) is 25.6 Å². The van der Waals surface area contributed by atoms with Crippen molar-refractivity contribution in [2.75, 3.05) is 7.11 Å². The molecule has 3 unspecified atom stereocenters. The first-order valence-electron chi connectivity index (χ1n) is 6.26. The number of hydrogen-bond acceptors (Lipinski definition) is 2. The first kappa shape index (κ1) is 14.8. The fraction of sp³-hybridized carbons (Fsp3) is 1.00. The van der Waals surface area contributed by atoms with E-state index in [1.165, 1.54) is 0 Å². The Morgan fingerprint density at radius 3 is 2.59 bits per heavy atom. The Labute approximate surface area is 101 Å². The van der Waals surface area contributed by atoms with Crippen molar-refractivity contribution < 1.29 is 17.9 Å². The van der Waals surface area contributed by atoms with Gasteiger partial charge in [-0.05, 0) is 39.0 Å². The van der Waals surface area contributed by atoms with E-state index in [1.54, 1.807) is 7.11 Å². The van der Waals surface area contributed by atoms with Gasteiger partial charge in [-0.1, -0.05) is 0 Å². The maximum absolute atomic E-state index is 12.0. The van der Waals surface area contributed by atoms with Crippen molar-refractivity contribution in [3.63, 3.8) is 0 Å². The topological polar surface area (TPSA) is 21.3 Å². The SMILES string of the molecule is COC1CCC(NC(C)CCCC(F)(F)F)C1. The van der Waals surface area contributed by atoms with Crippen LogP contribution in [0.15, 0.2) is 0 Å². The minimum Gasteiger partial charge on any atom is -0.381 e. The minimum absolute atomic E-state index is 0.151. The Morgan fingerprint density at radius 2 is 2.06 bits per heavy atom. The van der Waals surface area contributed by atoms with Gasteiger partial charge in [0.1, 0.15) is 0 Å². The zero-order valence-corrected chi connectivity index (χ0v) is 10.5. The van der Waals surface area contributed by atoms with E-state index < -0.39 is 12.6 Å². The lowest BCUT2D eigenvalue weighted by molar-refractivity contribution is -0.135. The molecule has 1 aliphatic carbocycles. The molecule has 0 aromatic heterocycles. The summed E-state index contributed by atoms with van der Waals surface area (Å²) in [6.07, 6.45) is -0.523. The number of alkyl halides is 3. The van der Waals surface area contributed by atoms with Crippen LogP contribution in [0.2, 0.25) is 0 Å². The number of methoxy groups -OCH3 is 1. The average molecular weight is 253 g/mol. The molecule has 0 saturated heterocycles. The molecule has 0 aliphatic heterocycles. The third-order valence-electron chi connectivity index (χ3n) is 3.34. The van der Waals surface area contributed by atoms with Crippen LogP contribution in [0.5, 0.6) is 0 Å². The average Bonchev–Trinajstić information content (AvgIpc) is 2.63. The van der Waals surface area contributed by atoms with Crippen LogP contribution in [0, 0.1) is 0 Å². The van der Waals surface area contributed by atoms with Gasteiger partial charge >= 0.3 is 6.18 Å². The van der Waals surface area contributed by atoms with Crippen molar-refractivity contribution in [2.24, 2.45) is 0 Å². The van der Waals surface area contributed by atoms with Crippen LogP contribution in [0.1, 0.15) is 45.4 Å². The predicted octanol–water partition coefficient (Wildman–Crippen LogP) is 3.26. The van der Waals surface area contributed by atoms with E-state index in [9.17, 15) is 13.2 Å². The standard InChI is InChI=1S/C12H22F3NO/c1-9(4-3-7-12(13,14)15)16-10-5-6-11(8-10)17-2/h9-11,16H,3-8H2,1-2H3. The normalized spacial score (nSPS) is 27.4. The summed E-state index contributed by atoms with van der Waals surface area (Å²) in [5.74, 6) is 0. The van der Waals surface area contributed by atoms with Crippen LogP contribution in [-0.4, -0.2) is 31.5 Å². The fourth-order valence-corrected chi connectivity index (χ4v) is 2.40. The molecule has 0 aromatic rings. The molecule has 1 rings (SSSR count). The molecule has 0 aromatic carbocycles. The first-order valence-corrected chi connectivity index (χ1v) is 6.26. The van der Waals surface area contributed by atoms with E-state index in [0.717, 1.165) is 19.3 Å². The molecule has 17 heavy (non-hydrogen) atoms. The minimum atomic E-state index is -4.02. The highest BCUT2D eigenvalue weighted by Crippen LogP contribution is 2.24. The number of rotatable bonds is 6. The lowest BCUT2D eigenvalue weighted by Gasteiger charge is -2.19. The number of hydrogen-bond donors (Lipinski definition) is 1. The van der Waals surface area contributed by atoms with Gasteiger partial charge in [0.2, 0.25) is 0 Å². The molecule has 1 aliphatic rings. The summed E-state index contributed by atoms with van der Waals surface area (Å²) in [5.41, 5.74) is 0. The fourth-order valence-electron chi connectivity index (χ4n) is 2.40. The van der Waals surface area contributed by atoms with Gasteiger partial charge < -0.3 is 10.1 Å². The highest BCUT2D eigenvalue weighted by atomic mass is 19.4. The monoisotopic (exact) mass is 253 g/mol. The molecule has 0 spiro atoms. The lowest BCUT2D eigenvalue weighted by Crippen LogP contribution is -2.35. The van der Waals surface area contributed by atoms with Gasteiger partial charge in [-0.25, -0.2) is 0 Å². The Morgan fingerprint density at radius 1 is 1.35 bits per heavy atom. The number of ether oxygens (including phenoxy) is 1. The Bertz CT molecular complexity index is 220. The van der Waals surface area contributed by atoms with Crippen LogP contribution in [0.3, 0.4) is 0 Å². The second-order valence-electron chi connectivity index (χ2n) is 4.94. The molecule has 0 radical (unpaired) electrons. The maximum Gasteiger partial charge on any atom is 0.389 e. The summed E-state index contributed by atoms with van der Waals surface area (Å²) in [4.78, 5) is 0. The van der Waals surface area contributed by atoms with Crippen molar-refractivity contribution in [1.82, 2.24) is 5.32 Å². The summed E-state index contributed by atoms with van der Waals surface area (Å²) in [6.45, 7) is 1.95. The third kappa shape index (κ3) is 6.27. The molecule has 3 atom stereocenters. The molecule has 1 saturated carbocycles. The predicted molar refractivity (Wildman–Crippen MR) is 60.9 cm³/mol. The van der Waals surface area contributed by atoms with Crippen molar-refractivity contribution in [2.45, 2.75) is 69.8 Å². The van der Waals surface area contributed by atoms with E-state index in [2.05, 4.69) is 5.32 Å². The summed E-state index contributed by atoms with van der Waals surface area (Å²) >= 11 is 0. The van der Waals surface area contributed by atoms with Gasteiger partial charge in [0.05, 0.1) is 6.10 Å². The van der Waals surface area contributed by atoms with E-state index in [0.29, 0.717) is 18.6 Å². The van der Waals surface area contributed by atoms with Gasteiger partial charge in [0.15, 0.2) is 0 Å². The molecule has 5 heteroatoms. The smallest absolute Gasteiger partial charge is 0.381 e. The summed E-state index contributed by atoms with van der Waals surface area (Å²) in [5, 5.41) is 3.38. The van der Waals surface area contributed by atoms with E-state index in [1.807, 2.05) is 6.92 Å². The molecule has 0 heterocycles. The van der Waals surface area contributed by atoms with Gasteiger partial charge in [-0.15, -0.1) is 0 Å². The van der Waals surface area contributed by atoms with E-state index >= 15 is 0 Å². The molecular weight excluding hydrogens is 231 g/mol. The zero-order valence-electron chi connectivity index (χ0n) is 10.5.